The molecule has 2 N–H and O–H groups in total. The lowest BCUT2D eigenvalue weighted by atomic mass is 9.94. The van der Waals surface area contributed by atoms with E-state index in [0.717, 1.165) is 29.4 Å². The number of anilines is 1. The molecule has 0 radical (unpaired) electrons. The Kier molecular flexibility index (Phi) is 3.82. The van der Waals surface area contributed by atoms with Crippen LogP contribution < -0.4 is 5.32 Å². The highest BCUT2D eigenvalue weighted by Gasteiger charge is 2.21. The van der Waals surface area contributed by atoms with Gasteiger partial charge in [-0.15, -0.1) is 0 Å². The van der Waals surface area contributed by atoms with Crippen molar-refractivity contribution in [3.63, 3.8) is 0 Å². The quantitative estimate of drug-likeness (QED) is 0.849. The molecule has 0 aliphatic rings. The van der Waals surface area contributed by atoms with E-state index in [2.05, 4.69) is 30.2 Å². The van der Waals surface area contributed by atoms with Gasteiger partial charge in [-0.3, -0.25) is 4.98 Å². The lowest BCUT2D eigenvalue weighted by Gasteiger charge is -2.30. The molecular weight excluding hydrogens is 224 g/mol. The Bertz CT molecular complexity index is 521. The molecule has 96 valence electrons. The molecule has 3 heteroatoms. The molecule has 1 unspecified atom stereocenters. The summed E-state index contributed by atoms with van der Waals surface area (Å²) in [5, 5.41) is 13.8. The molecule has 1 heterocycles. The average Bonchev–Trinajstić information content (AvgIpc) is 2.39. The van der Waals surface area contributed by atoms with Gasteiger partial charge in [0.15, 0.2) is 0 Å². The molecular formula is C15H20N2O. The second kappa shape index (κ2) is 5.36. The molecule has 0 fully saturated rings. The monoisotopic (exact) mass is 244 g/mol. The highest BCUT2D eigenvalue weighted by atomic mass is 16.3. The van der Waals surface area contributed by atoms with Crippen LogP contribution in [0.15, 0.2) is 36.5 Å². The Morgan fingerprint density at radius 2 is 2.06 bits per heavy atom. The number of aliphatic hydroxyl groups is 1. The standard InChI is InChI=1S/C15H20N2O/c1-3-15(2,9-11-18)17-14-8-10-16-13-7-5-4-6-12(13)14/h4-8,10,18H,3,9,11H2,1-2H3,(H,16,17). The van der Waals surface area contributed by atoms with Crippen molar-refractivity contribution < 1.29 is 5.11 Å². The fraction of sp³-hybridized carbons (Fsp3) is 0.400. The number of hydrogen-bond donors (Lipinski definition) is 2. The molecule has 1 aromatic heterocycles. The number of fused-ring (bicyclic) bond motifs is 1. The molecule has 2 aromatic rings. The first-order valence-electron chi connectivity index (χ1n) is 6.41. The number of aliphatic hydroxyl groups excluding tert-OH is 1. The van der Waals surface area contributed by atoms with Crippen LogP contribution in [0.4, 0.5) is 5.69 Å². The molecule has 0 bridgehead atoms. The number of hydrogen-bond acceptors (Lipinski definition) is 3. The summed E-state index contributed by atoms with van der Waals surface area (Å²) in [5.74, 6) is 0. The van der Waals surface area contributed by atoms with Crippen molar-refractivity contribution in [3.05, 3.63) is 36.5 Å². The molecule has 2 rings (SSSR count). The molecule has 1 atom stereocenters. The second-order valence-corrected chi connectivity index (χ2v) is 4.89. The van der Waals surface area contributed by atoms with Gasteiger partial charge < -0.3 is 10.4 Å². The summed E-state index contributed by atoms with van der Waals surface area (Å²) >= 11 is 0. The zero-order chi connectivity index (χ0) is 13.0. The van der Waals surface area contributed by atoms with Gasteiger partial charge in [-0.05, 0) is 31.9 Å². The van der Waals surface area contributed by atoms with Gasteiger partial charge in [0, 0.05) is 29.4 Å². The minimum absolute atomic E-state index is 0.0844. The highest BCUT2D eigenvalue weighted by Crippen LogP contribution is 2.27. The summed E-state index contributed by atoms with van der Waals surface area (Å²) in [4.78, 5) is 4.35. The minimum Gasteiger partial charge on any atom is -0.396 e. The maximum absolute atomic E-state index is 9.17. The third-order valence-electron chi connectivity index (χ3n) is 3.53. The number of rotatable bonds is 5. The normalized spacial score (nSPS) is 14.4. The van der Waals surface area contributed by atoms with Crippen molar-refractivity contribution in [2.45, 2.75) is 32.2 Å². The number of benzene rings is 1. The number of nitrogens with one attached hydrogen (secondary N) is 1. The SMILES string of the molecule is CCC(C)(CCO)Nc1ccnc2ccccc12. The average molecular weight is 244 g/mol. The predicted molar refractivity (Wildman–Crippen MR) is 75.8 cm³/mol. The summed E-state index contributed by atoms with van der Waals surface area (Å²) in [6.45, 7) is 4.46. The van der Waals surface area contributed by atoms with E-state index in [9.17, 15) is 5.11 Å². The molecule has 0 amide bonds. The van der Waals surface area contributed by atoms with E-state index in [4.69, 9.17) is 0 Å². The summed E-state index contributed by atoms with van der Waals surface area (Å²) in [5.41, 5.74) is 1.99. The third-order valence-corrected chi connectivity index (χ3v) is 3.53. The van der Waals surface area contributed by atoms with Gasteiger partial charge in [-0.2, -0.15) is 0 Å². The Morgan fingerprint density at radius 1 is 1.28 bits per heavy atom. The first-order chi connectivity index (χ1) is 8.68. The van der Waals surface area contributed by atoms with E-state index in [1.54, 1.807) is 0 Å². The summed E-state index contributed by atoms with van der Waals surface area (Å²) < 4.78 is 0. The number of pyridine rings is 1. The molecule has 0 aliphatic heterocycles. The van der Waals surface area contributed by atoms with Crippen LogP contribution in [-0.2, 0) is 0 Å². The van der Waals surface area contributed by atoms with Crippen LogP contribution >= 0.6 is 0 Å². The summed E-state index contributed by atoms with van der Waals surface area (Å²) in [6, 6.07) is 10.1. The number of aromatic nitrogens is 1. The van der Waals surface area contributed by atoms with Crippen LogP contribution in [0.2, 0.25) is 0 Å². The zero-order valence-electron chi connectivity index (χ0n) is 11.0. The van der Waals surface area contributed by atoms with Crippen LogP contribution in [-0.4, -0.2) is 22.2 Å². The maximum atomic E-state index is 9.17. The van der Waals surface area contributed by atoms with E-state index in [0.29, 0.717) is 0 Å². The van der Waals surface area contributed by atoms with E-state index in [1.807, 2.05) is 30.5 Å². The summed E-state index contributed by atoms with van der Waals surface area (Å²) in [6.07, 6.45) is 3.52. The summed E-state index contributed by atoms with van der Waals surface area (Å²) in [7, 11) is 0. The molecule has 0 aliphatic carbocycles. The highest BCUT2D eigenvalue weighted by molar-refractivity contribution is 5.91. The van der Waals surface area contributed by atoms with E-state index in [-0.39, 0.29) is 12.1 Å². The zero-order valence-corrected chi connectivity index (χ0v) is 11.0. The predicted octanol–water partition coefficient (Wildman–Crippen LogP) is 3.20. The van der Waals surface area contributed by atoms with Crippen molar-refractivity contribution >= 4 is 16.6 Å². The van der Waals surface area contributed by atoms with Crippen LogP contribution in [0.1, 0.15) is 26.7 Å². The second-order valence-electron chi connectivity index (χ2n) is 4.89. The Hall–Kier alpha value is -1.61. The van der Waals surface area contributed by atoms with Gasteiger partial charge in [-0.1, -0.05) is 25.1 Å². The first kappa shape index (κ1) is 12.8. The fourth-order valence-corrected chi connectivity index (χ4v) is 2.10. The fourth-order valence-electron chi connectivity index (χ4n) is 2.10. The van der Waals surface area contributed by atoms with Crippen molar-refractivity contribution in [2.24, 2.45) is 0 Å². The molecule has 0 saturated carbocycles. The van der Waals surface area contributed by atoms with Crippen molar-refractivity contribution in [3.8, 4) is 0 Å². The molecule has 3 nitrogen and oxygen atoms in total. The molecule has 0 spiro atoms. The van der Waals surface area contributed by atoms with Crippen molar-refractivity contribution in [1.82, 2.24) is 4.98 Å². The van der Waals surface area contributed by atoms with E-state index < -0.39 is 0 Å². The Labute approximate surface area is 108 Å². The van der Waals surface area contributed by atoms with Crippen LogP contribution in [0.3, 0.4) is 0 Å². The van der Waals surface area contributed by atoms with Crippen molar-refractivity contribution in [2.75, 3.05) is 11.9 Å². The van der Waals surface area contributed by atoms with Crippen LogP contribution in [0.25, 0.3) is 10.9 Å². The largest absolute Gasteiger partial charge is 0.396 e. The Balaban J connectivity index is 2.36. The minimum atomic E-state index is -0.0844. The molecule has 18 heavy (non-hydrogen) atoms. The van der Waals surface area contributed by atoms with Crippen molar-refractivity contribution in [1.29, 1.82) is 0 Å². The number of nitrogens with zero attached hydrogens (tertiary/aromatic N) is 1. The van der Waals surface area contributed by atoms with E-state index >= 15 is 0 Å². The Morgan fingerprint density at radius 3 is 2.78 bits per heavy atom. The van der Waals surface area contributed by atoms with Gasteiger partial charge in [0.05, 0.1) is 5.52 Å². The molecule has 1 aromatic carbocycles. The van der Waals surface area contributed by atoms with Crippen LogP contribution in [0, 0.1) is 0 Å². The van der Waals surface area contributed by atoms with Gasteiger partial charge in [-0.25, -0.2) is 0 Å². The smallest absolute Gasteiger partial charge is 0.0722 e. The van der Waals surface area contributed by atoms with E-state index in [1.165, 1.54) is 0 Å². The topological polar surface area (TPSA) is 45.1 Å². The lowest BCUT2D eigenvalue weighted by Crippen LogP contribution is -2.35. The van der Waals surface area contributed by atoms with Gasteiger partial charge in [0.2, 0.25) is 0 Å². The van der Waals surface area contributed by atoms with Gasteiger partial charge in [0.1, 0.15) is 0 Å². The number of para-hydroxylation sites is 1. The van der Waals surface area contributed by atoms with Gasteiger partial charge in [0.25, 0.3) is 0 Å². The first-order valence-corrected chi connectivity index (χ1v) is 6.41. The lowest BCUT2D eigenvalue weighted by molar-refractivity contribution is 0.252. The van der Waals surface area contributed by atoms with Crippen LogP contribution in [0.5, 0.6) is 0 Å². The van der Waals surface area contributed by atoms with Gasteiger partial charge >= 0.3 is 0 Å². The maximum Gasteiger partial charge on any atom is 0.0722 e. The third kappa shape index (κ3) is 2.62. The molecule has 0 saturated heterocycles.